The highest BCUT2D eigenvalue weighted by Gasteiger charge is 2.45. The molecule has 0 aromatic heterocycles. The molecule has 0 aliphatic carbocycles. The van der Waals surface area contributed by atoms with Gasteiger partial charge in [0, 0.05) is 32.7 Å². The van der Waals surface area contributed by atoms with Crippen LogP contribution in [0.2, 0.25) is 0 Å². The Labute approximate surface area is 229 Å². The van der Waals surface area contributed by atoms with Crippen LogP contribution in [0.15, 0.2) is 96.2 Å². The molecular weight excluding hydrogens is 488 g/mol. The van der Waals surface area contributed by atoms with E-state index in [1.54, 1.807) is 11.9 Å². The Morgan fingerprint density at radius 1 is 0.872 bits per heavy atom. The van der Waals surface area contributed by atoms with Gasteiger partial charge in [-0.05, 0) is 41.7 Å². The highest BCUT2D eigenvalue weighted by molar-refractivity contribution is 6.01. The third-order valence-corrected chi connectivity index (χ3v) is 8.07. The predicted molar refractivity (Wildman–Crippen MR) is 150 cm³/mol. The molecule has 3 aromatic rings. The molecular formula is C32H34N4O3. The van der Waals surface area contributed by atoms with Gasteiger partial charge in [-0.3, -0.25) is 14.6 Å². The van der Waals surface area contributed by atoms with Crippen LogP contribution in [0.3, 0.4) is 0 Å². The second-order valence-electron chi connectivity index (χ2n) is 10.6. The molecule has 0 spiro atoms. The van der Waals surface area contributed by atoms with Gasteiger partial charge < -0.3 is 15.0 Å². The van der Waals surface area contributed by atoms with Crippen molar-refractivity contribution in [3.63, 3.8) is 0 Å². The molecule has 3 aliphatic rings. The average Bonchev–Trinajstić information content (AvgIpc) is 3.33. The molecule has 0 saturated carbocycles. The number of ether oxygens (including phenoxy) is 1. The third kappa shape index (κ3) is 5.27. The zero-order chi connectivity index (χ0) is 26.8. The number of carbonyl (C=O) groups excluding carboxylic acids is 2. The summed E-state index contributed by atoms with van der Waals surface area (Å²) in [6.45, 7) is 3.76. The molecule has 3 aliphatic heterocycles. The minimum Gasteiger partial charge on any atom is -0.489 e. The maximum Gasteiger partial charge on any atom is 0.322 e. The largest absolute Gasteiger partial charge is 0.489 e. The number of carbonyl (C=O) groups is 2. The lowest BCUT2D eigenvalue weighted by atomic mass is 9.95. The summed E-state index contributed by atoms with van der Waals surface area (Å²) >= 11 is 0. The van der Waals surface area contributed by atoms with Crippen LogP contribution in [0.25, 0.3) is 0 Å². The van der Waals surface area contributed by atoms with E-state index in [2.05, 4.69) is 34.5 Å². The molecule has 1 unspecified atom stereocenters. The summed E-state index contributed by atoms with van der Waals surface area (Å²) in [5, 5.41) is 3.06. The number of benzene rings is 3. The molecule has 1 saturated heterocycles. The van der Waals surface area contributed by atoms with Gasteiger partial charge in [-0.25, -0.2) is 4.79 Å². The van der Waals surface area contributed by atoms with Gasteiger partial charge in [0.15, 0.2) is 0 Å². The fraction of sp³-hybridized carbons (Fsp3) is 0.312. The van der Waals surface area contributed by atoms with Gasteiger partial charge in [0.25, 0.3) is 5.91 Å². The Morgan fingerprint density at radius 3 is 2.28 bits per heavy atom. The van der Waals surface area contributed by atoms with Crippen LogP contribution in [0, 0.1) is 0 Å². The van der Waals surface area contributed by atoms with Crippen LogP contribution in [0.4, 0.5) is 4.79 Å². The van der Waals surface area contributed by atoms with Crippen molar-refractivity contribution < 1.29 is 14.3 Å². The van der Waals surface area contributed by atoms with Crippen molar-refractivity contribution in [1.82, 2.24) is 20.0 Å². The quantitative estimate of drug-likeness (QED) is 0.488. The second-order valence-corrected chi connectivity index (χ2v) is 10.6. The van der Waals surface area contributed by atoms with Crippen molar-refractivity contribution in [2.24, 2.45) is 0 Å². The molecule has 7 nitrogen and oxygen atoms in total. The van der Waals surface area contributed by atoms with Crippen LogP contribution in [0.5, 0.6) is 5.75 Å². The normalized spacial score (nSPS) is 20.3. The van der Waals surface area contributed by atoms with Gasteiger partial charge in [0.05, 0.1) is 23.9 Å². The first-order valence-electron chi connectivity index (χ1n) is 13.7. The third-order valence-electron chi connectivity index (χ3n) is 8.07. The summed E-state index contributed by atoms with van der Waals surface area (Å²) in [6.07, 6.45) is 1.86. The van der Waals surface area contributed by atoms with Crippen molar-refractivity contribution in [2.75, 3.05) is 26.7 Å². The standard InChI is InChI=1S/C32H34N4O3/c1-34-28-21-36(26-15-17-35(18-16-26)20-23-9-4-2-5-10-23)31(37)29(28)30(33-32(34)38)25-13-8-14-27(19-25)39-22-24-11-6-3-7-12-24/h2-14,19,26,30H,15-18,20-22H2,1H3,(H,33,38). The lowest BCUT2D eigenvalue weighted by Crippen LogP contribution is -2.46. The number of likely N-dealkylation sites (N-methyl/N-ethyl adjacent to an activating group) is 1. The fourth-order valence-electron chi connectivity index (χ4n) is 5.89. The number of likely N-dealkylation sites (tertiary alicyclic amines) is 1. The molecule has 3 aromatic carbocycles. The fourth-order valence-corrected chi connectivity index (χ4v) is 5.89. The van der Waals surface area contributed by atoms with E-state index in [-0.39, 0.29) is 18.0 Å². The molecule has 1 N–H and O–H groups in total. The first-order valence-corrected chi connectivity index (χ1v) is 13.7. The van der Waals surface area contributed by atoms with Gasteiger partial charge in [-0.15, -0.1) is 0 Å². The highest BCUT2D eigenvalue weighted by atomic mass is 16.5. The van der Waals surface area contributed by atoms with E-state index in [9.17, 15) is 9.59 Å². The number of urea groups is 1. The number of nitrogens with one attached hydrogen (secondary N) is 1. The Kier molecular flexibility index (Phi) is 7.07. The van der Waals surface area contributed by atoms with Crippen molar-refractivity contribution in [2.45, 2.75) is 38.1 Å². The smallest absolute Gasteiger partial charge is 0.322 e. The van der Waals surface area contributed by atoms with E-state index < -0.39 is 6.04 Å². The van der Waals surface area contributed by atoms with Crippen LogP contribution >= 0.6 is 0 Å². The number of amides is 3. The number of hydrogen-bond acceptors (Lipinski definition) is 4. The maximum atomic E-state index is 13.9. The average molecular weight is 523 g/mol. The van der Waals surface area contributed by atoms with E-state index in [0.717, 1.165) is 49.3 Å². The molecule has 1 atom stereocenters. The van der Waals surface area contributed by atoms with Crippen molar-refractivity contribution >= 4 is 11.9 Å². The van der Waals surface area contributed by atoms with Gasteiger partial charge in [-0.2, -0.15) is 0 Å². The van der Waals surface area contributed by atoms with Gasteiger partial charge in [-0.1, -0.05) is 72.8 Å². The Morgan fingerprint density at radius 2 is 1.56 bits per heavy atom. The number of nitrogens with zero attached hydrogens (tertiary/aromatic N) is 3. The summed E-state index contributed by atoms with van der Waals surface area (Å²) in [6, 6.07) is 27.7. The summed E-state index contributed by atoms with van der Waals surface area (Å²) in [5.41, 5.74) is 4.72. The van der Waals surface area contributed by atoms with Gasteiger partial charge in [0.1, 0.15) is 12.4 Å². The van der Waals surface area contributed by atoms with E-state index in [1.807, 2.05) is 65.6 Å². The number of hydrogen-bond donors (Lipinski definition) is 1. The molecule has 3 amide bonds. The molecule has 0 bridgehead atoms. The molecule has 1 fully saturated rings. The highest BCUT2D eigenvalue weighted by Crippen LogP contribution is 2.38. The summed E-state index contributed by atoms with van der Waals surface area (Å²) in [7, 11) is 1.75. The van der Waals surface area contributed by atoms with Crippen molar-refractivity contribution in [3.05, 3.63) is 113 Å². The lowest BCUT2D eigenvalue weighted by Gasteiger charge is -2.37. The first kappa shape index (κ1) is 25.2. The van der Waals surface area contributed by atoms with Crippen LogP contribution < -0.4 is 10.1 Å². The van der Waals surface area contributed by atoms with Crippen molar-refractivity contribution in [1.29, 1.82) is 0 Å². The van der Waals surface area contributed by atoms with E-state index >= 15 is 0 Å². The van der Waals surface area contributed by atoms with Crippen LogP contribution in [-0.4, -0.2) is 59.4 Å². The van der Waals surface area contributed by atoms with E-state index in [1.165, 1.54) is 5.56 Å². The zero-order valence-electron chi connectivity index (χ0n) is 22.3. The minimum absolute atomic E-state index is 0.0268. The number of piperidine rings is 1. The Bertz CT molecular complexity index is 1370. The van der Waals surface area contributed by atoms with Gasteiger partial charge >= 0.3 is 6.03 Å². The second kappa shape index (κ2) is 10.9. The Balaban J connectivity index is 1.16. The molecule has 7 heteroatoms. The molecule has 39 heavy (non-hydrogen) atoms. The molecule has 6 rings (SSSR count). The summed E-state index contributed by atoms with van der Waals surface area (Å²) in [5.74, 6) is 0.735. The summed E-state index contributed by atoms with van der Waals surface area (Å²) < 4.78 is 6.04. The lowest BCUT2D eigenvalue weighted by molar-refractivity contribution is -0.128. The SMILES string of the molecule is CN1C(=O)NC(c2cccc(OCc3ccccc3)c2)C2=C1CN(C1CCN(Cc3ccccc3)CC1)C2=O. The molecule has 3 heterocycles. The zero-order valence-corrected chi connectivity index (χ0v) is 22.3. The van der Waals surface area contributed by atoms with Crippen LogP contribution in [-0.2, 0) is 17.9 Å². The minimum atomic E-state index is -0.500. The number of rotatable bonds is 7. The topological polar surface area (TPSA) is 65.1 Å². The first-order chi connectivity index (χ1) is 19.1. The Hall–Kier alpha value is -4.10. The molecule has 200 valence electrons. The monoisotopic (exact) mass is 522 g/mol. The van der Waals surface area contributed by atoms with Crippen molar-refractivity contribution in [3.8, 4) is 5.75 Å². The predicted octanol–water partition coefficient (Wildman–Crippen LogP) is 4.72. The van der Waals surface area contributed by atoms with E-state index in [0.29, 0.717) is 24.5 Å². The maximum absolute atomic E-state index is 13.9. The van der Waals surface area contributed by atoms with Gasteiger partial charge in [0.2, 0.25) is 0 Å². The summed E-state index contributed by atoms with van der Waals surface area (Å²) in [4.78, 5) is 32.9. The van der Waals surface area contributed by atoms with E-state index in [4.69, 9.17) is 4.74 Å². The van der Waals surface area contributed by atoms with Crippen LogP contribution in [0.1, 0.15) is 35.6 Å². The molecule has 0 radical (unpaired) electrons.